The van der Waals surface area contributed by atoms with E-state index in [-0.39, 0.29) is 5.91 Å². The van der Waals surface area contributed by atoms with Crippen LogP contribution in [-0.4, -0.2) is 36.2 Å². The average Bonchev–Trinajstić information content (AvgIpc) is 3.27. The van der Waals surface area contributed by atoms with Gasteiger partial charge in [-0.3, -0.25) is 4.79 Å². The van der Waals surface area contributed by atoms with Gasteiger partial charge >= 0.3 is 0 Å². The van der Waals surface area contributed by atoms with E-state index in [2.05, 4.69) is 15.3 Å². The third kappa shape index (κ3) is 4.93. The molecule has 142 valence electrons. The lowest BCUT2D eigenvalue weighted by Crippen LogP contribution is -2.22. The minimum absolute atomic E-state index is 0.167. The maximum atomic E-state index is 12.5. The van der Waals surface area contributed by atoms with Gasteiger partial charge < -0.3 is 19.2 Å². The minimum Gasteiger partial charge on any atom is -0.475 e. The number of nitrogens with one attached hydrogen (secondary N) is 1. The summed E-state index contributed by atoms with van der Waals surface area (Å²) >= 11 is 1.32. The number of thiazole rings is 1. The van der Waals surface area contributed by atoms with Crippen LogP contribution in [0.2, 0.25) is 0 Å². The van der Waals surface area contributed by atoms with Crippen molar-refractivity contribution in [2.45, 2.75) is 20.4 Å². The molecule has 8 heteroatoms. The molecule has 0 aliphatic heterocycles. The molecule has 27 heavy (non-hydrogen) atoms. The number of hydrogen-bond donors (Lipinski definition) is 1. The van der Waals surface area contributed by atoms with Gasteiger partial charge in [-0.25, -0.2) is 9.97 Å². The Hall–Kier alpha value is -2.71. The second kappa shape index (κ2) is 8.79. The first kappa shape index (κ1) is 19.1. The Kier molecular flexibility index (Phi) is 6.20. The molecule has 0 unspecified atom stereocenters. The van der Waals surface area contributed by atoms with Crippen LogP contribution in [0.4, 0.5) is 0 Å². The third-order valence-electron chi connectivity index (χ3n) is 3.74. The second-order valence-electron chi connectivity index (χ2n) is 5.87. The number of aromatic nitrogens is 2. The molecular weight excluding hydrogens is 366 g/mol. The van der Waals surface area contributed by atoms with Gasteiger partial charge in [0.2, 0.25) is 5.88 Å². The number of carbonyl (C=O) groups is 1. The lowest BCUT2D eigenvalue weighted by molar-refractivity contribution is 0.0954. The third-order valence-corrected chi connectivity index (χ3v) is 4.91. The van der Waals surface area contributed by atoms with Crippen LogP contribution >= 0.6 is 11.3 Å². The van der Waals surface area contributed by atoms with Crippen molar-refractivity contribution in [3.63, 3.8) is 0 Å². The monoisotopic (exact) mass is 387 g/mol. The molecule has 3 rings (SSSR count). The lowest BCUT2D eigenvalue weighted by atomic mass is 10.3. The van der Waals surface area contributed by atoms with Crippen LogP contribution in [0.15, 0.2) is 34.9 Å². The van der Waals surface area contributed by atoms with Crippen LogP contribution in [0.25, 0.3) is 10.8 Å². The Morgan fingerprint density at radius 2 is 2.07 bits per heavy atom. The molecule has 0 saturated carbocycles. The fourth-order valence-corrected chi connectivity index (χ4v) is 3.30. The molecule has 3 aromatic heterocycles. The molecule has 0 bridgehead atoms. The maximum absolute atomic E-state index is 12.5. The summed E-state index contributed by atoms with van der Waals surface area (Å²) in [7, 11) is 1.62. The van der Waals surface area contributed by atoms with Gasteiger partial charge in [0.05, 0.1) is 12.3 Å². The molecule has 1 amide bonds. The van der Waals surface area contributed by atoms with Crippen molar-refractivity contribution in [3.05, 3.63) is 52.4 Å². The van der Waals surface area contributed by atoms with Crippen molar-refractivity contribution in [2.75, 3.05) is 20.3 Å². The fourth-order valence-electron chi connectivity index (χ4n) is 2.36. The van der Waals surface area contributed by atoms with Crippen molar-refractivity contribution in [1.29, 1.82) is 0 Å². The Morgan fingerprint density at radius 1 is 1.22 bits per heavy atom. The van der Waals surface area contributed by atoms with Crippen LogP contribution in [0, 0.1) is 13.8 Å². The average molecular weight is 387 g/mol. The van der Waals surface area contributed by atoms with E-state index in [1.54, 1.807) is 19.4 Å². The minimum atomic E-state index is -0.167. The molecule has 0 spiro atoms. The quantitative estimate of drug-likeness (QED) is 0.597. The molecule has 0 fully saturated rings. The number of methoxy groups -OCH3 is 1. The van der Waals surface area contributed by atoms with E-state index in [9.17, 15) is 4.79 Å². The molecule has 0 aromatic carbocycles. The van der Waals surface area contributed by atoms with Crippen LogP contribution < -0.4 is 10.1 Å². The fraction of sp³-hybridized carbons (Fsp3) is 0.316. The van der Waals surface area contributed by atoms with Crippen molar-refractivity contribution >= 4 is 17.2 Å². The molecule has 0 aliphatic rings. The van der Waals surface area contributed by atoms with Gasteiger partial charge in [-0.05, 0) is 31.5 Å². The summed E-state index contributed by atoms with van der Waals surface area (Å²) in [6, 6.07) is 7.37. The molecule has 7 nitrogen and oxygen atoms in total. The van der Waals surface area contributed by atoms with Gasteiger partial charge in [-0.1, -0.05) is 6.07 Å². The lowest BCUT2D eigenvalue weighted by Gasteiger charge is -2.06. The number of pyridine rings is 1. The predicted octanol–water partition coefficient (Wildman–Crippen LogP) is 3.37. The van der Waals surface area contributed by atoms with Gasteiger partial charge in [-0.15, -0.1) is 11.3 Å². The first-order valence-electron chi connectivity index (χ1n) is 8.46. The molecular formula is C19H21N3O4S. The number of ether oxygens (including phenoxy) is 2. The molecule has 3 heterocycles. The summed E-state index contributed by atoms with van der Waals surface area (Å²) in [5.41, 5.74) is 1.56. The SMILES string of the molecule is COCCOc1ccc(CNC(=O)c2sc(-c3ccc(C)o3)nc2C)cn1. The van der Waals surface area contributed by atoms with Crippen LogP contribution in [0.1, 0.15) is 26.7 Å². The van der Waals surface area contributed by atoms with E-state index in [0.29, 0.717) is 47.0 Å². The van der Waals surface area contributed by atoms with Gasteiger partial charge in [0.25, 0.3) is 5.91 Å². The first-order chi connectivity index (χ1) is 13.1. The van der Waals surface area contributed by atoms with Gasteiger partial charge in [0.1, 0.15) is 17.2 Å². The van der Waals surface area contributed by atoms with Crippen LogP contribution in [-0.2, 0) is 11.3 Å². The highest BCUT2D eigenvalue weighted by Gasteiger charge is 2.17. The summed E-state index contributed by atoms with van der Waals surface area (Å²) in [4.78, 5) is 21.7. The number of carbonyl (C=O) groups excluding carboxylic acids is 1. The Morgan fingerprint density at radius 3 is 2.74 bits per heavy atom. The van der Waals surface area contributed by atoms with Crippen molar-refractivity contribution in [3.8, 4) is 16.6 Å². The number of rotatable bonds is 8. The first-order valence-corrected chi connectivity index (χ1v) is 9.27. The zero-order valence-corrected chi connectivity index (χ0v) is 16.3. The molecule has 1 N–H and O–H groups in total. The highest BCUT2D eigenvalue weighted by atomic mass is 32.1. The summed E-state index contributed by atoms with van der Waals surface area (Å²) < 4.78 is 15.9. The van der Waals surface area contributed by atoms with E-state index in [4.69, 9.17) is 13.9 Å². The number of nitrogens with zero attached hydrogens (tertiary/aromatic N) is 2. The number of hydrogen-bond acceptors (Lipinski definition) is 7. The van der Waals surface area contributed by atoms with Crippen molar-refractivity contribution in [1.82, 2.24) is 15.3 Å². The van der Waals surface area contributed by atoms with Crippen LogP contribution in [0.3, 0.4) is 0 Å². The van der Waals surface area contributed by atoms with E-state index in [1.165, 1.54) is 11.3 Å². The summed E-state index contributed by atoms with van der Waals surface area (Å²) in [5, 5.41) is 3.60. The summed E-state index contributed by atoms with van der Waals surface area (Å²) in [6.07, 6.45) is 1.68. The molecule has 0 saturated heterocycles. The van der Waals surface area contributed by atoms with E-state index >= 15 is 0 Å². The van der Waals surface area contributed by atoms with E-state index in [1.807, 2.05) is 32.0 Å². The highest BCUT2D eigenvalue weighted by Crippen LogP contribution is 2.29. The van der Waals surface area contributed by atoms with Gasteiger partial charge in [0.15, 0.2) is 10.8 Å². The molecule has 0 radical (unpaired) electrons. The zero-order valence-electron chi connectivity index (χ0n) is 15.4. The van der Waals surface area contributed by atoms with E-state index in [0.717, 1.165) is 11.3 Å². The maximum Gasteiger partial charge on any atom is 0.263 e. The molecule has 3 aromatic rings. The highest BCUT2D eigenvalue weighted by molar-refractivity contribution is 7.17. The molecule has 0 atom stereocenters. The smallest absolute Gasteiger partial charge is 0.263 e. The second-order valence-corrected chi connectivity index (χ2v) is 6.87. The van der Waals surface area contributed by atoms with E-state index < -0.39 is 0 Å². The Labute approximate surface area is 161 Å². The van der Waals surface area contributed by atoms with Gasteiger partial charge in [0, 0.05) is 25.9 Å². The topological polar surface area (TPSA) is 86.5 Å². The number of aryl methyl sites for hydroxylation is 2. The molecule has 0 aliphatic carbocycles. The summed E-state index contributed by atoms with van der Waals surface area (Å²) in [6.45, 7) is 5.02. The normalized spacial score (nSPS) is 10.8. The summed E-state index contributed by atoms with van der Waals surface area (Å²) in [5.74, 6) is 1.85. The number of furan rings is 1. The van der Waals surface area contributed by atoms with Crippen LogP contribution in [0.5, 0.6) is 5.88 Å². The standard InChI is InChI=1S/C19H21N3O4S/c1-12-4-6-15(26-12)19-22-13(2)17(27-19)18(23)21-11-14-5-7-16(20-10-14)25-9-8-24-3/h4-7,10H,8-9,11H2,1-3H3,(H,21,23). The Balaban J connectivity index is 1.58. The van der Waals surface area contributed by atoms with Gasteiger partial charge in [-0.2, -0.15) is 0 Å². The zero-order chi connectivity index (χ0) is 19.2. The Bertz CT molecular complexity index is 902. The number of amides is 1. The van der Waals surface area contributed by atoms with Crippen molar-refractivity contribution in [2.24, 2.45) is 0 Å². The largest absolute Gasteiger partial charge is 0.475 e. The van der Waals surface area contributed by atoms with Crippen molar-refractivity contribution < 1.29 is 18.7 Å². The predicted molar refractivity (Wildman–Crippen MR) is 102 cm³/mol.